The first-order chi connectivity index (χ1) is 13.6. The van der Waals surface area contributed by atoms with Gasteiger partial charge in [0.1, 0.15) is 0 Å². The molecule has 1 amide bonds. The summed E-state index contributed by atoms with van der Waals surface area (Å²) in [5.41, 5.74) is 1.88. The van der Waals surface area contributed by atoms with E-state index in [1.807, 2.05) is 0 Å². The average molecular weight is 376 g/mol. The quantitative estimate of drug-likeness (QED) is 0.755. The number of carbonyl (C=O) groups is 3. The van der Waals surface area contributed by atoms with Crippen LogP contribution in [-0.4, -0.2) is 41.5 Å². The molecule has 1 heterocycles. The molecule has 2 aliphatic rings. The zero-order valence-corrected chi connectivity index (χ0v) is 16.0. The number of piperidine rings is 1. The standard InChI is InChI=1S/C23H24N2O3/c1-2-15-8-5-6-13-25(15)14-20(26)24-19-12-7-11-18-21(19)23(28)17-10-4-3-9-16(17)22(18)27/h3-4,7,9-12,15H,2,5-6,8,13-14H2,1H3,(H,24,26). The predicted molar refractivity (Wildman–Crippen MR) is 108 cm³/mol. The maximum Gasteiger partial charge on any atom is 0.238 e. The van der Waals surface area contributed by atoms with Crippen molar-refractivity contribution in [3.8, 4) is 0 Å². The molecule has 1 aliphatic carbocycles. The number of carbonyl (C=O) groups excluding carboxylic acids is 3. The number of rotatable bonds is 4. The van der Waals surface area contributed by atoms with Gasteiger partial charge in [-0.3, -0.25) is 19.3 Å². The van der Waals surface area contributed by atoms with Gasteiger partial charge >= 0.3 is 0 Å². The number of benzene rings is 2. The molecule has 2 aromatic carbocycles. The Morgan fingerprint density at radius 2 is 1.71 bits per heavy atom. The molecular weight excluding hydrogens is 352 g/mol. The third-order valence-electron chi connectivity index (χ3n) is 5.79. The van der Waals surface area contributed by atoms with Crippen LogP contribution in [0, 0.1) is 0 Å². The van der Waals surface area contributed by atoms with Crippen LogP contribution in [0.25, 0.3) is 0 Å². The van der Waals surface area contributed by atoms with Crippen molar-refractivity contribution in [3.05, 3.63) is 64.7 Å². The molecule has 144 valence electrons. The van der Waals surface area contributed by atoms with Gasteiger partial charge in [0.2, 0.25) is 5.91 Å². The lowest BCUT2D eigenvalue weighted by Crippen LogP contribution is -2.43. The maximum atomic E-state index is 13.0. The van der Waals surface area contributed by atoms with E-state index in [-0.39, 0.29) is 17.5 Å². The fraction of sp³-hybridized carbons (Fsp3) is 0.348. The van der Waals surface area contributed by atoms with E-state index in [1.165, 1.54) is 6.42 Å². The molecule has 0 aromatic heterocycles. The van der Waals surface area contributed by atoms with Gasteiger partial charge in [-0.2, -0.15) is 0 Å². The summed E-state index contributed by atoms with van der Waals surface area (Å²) in [5, 5.41) is 2.89. The minimum Gasteiger partial charge on any atom is -0.324 e. The van der Waals surface area contributed by atoms with Gasteiger partial charge in [0.25, 0.3) is 0 Å². The summed E-state index contributed by atoms with van der Waals surface area (Å²) >= 11 is 0. The Bertz CT molecular complexity index is 951. The zero-order valence-electron chi connectivity index (χ0n) is 16.0. The number of nitrogens with one attached hydrogen (secondary N) is 1. The Balaban J connectivity index is 1.59. The topological polar surface area (TPSA) is 66.5 Å². The molecule has 1 saturated heterocycles. The van der Waals surface area contributed by atoms with Crippen molar-refractivity contribution in [3.63, 3.8) is 0 Å². The molecule has 1 fully saturated rings. The van der Waals surface area contributed by atoms with Crippen molar-refractivity contribution in [2.75, 3.05) is 18.4 Å². The minimum atomic E-state index is -0.217. The van der Waals surface area contributed by atoms with Crippen molar-refractivity contribution < 1.29 is 14.4 Å². The fourth-order valence-electron chi connectivity index (χ4n) is 4.35. The molecule has 1 aliphatic heterocycles. The monoisotopic (exact) mass is 376 g/mol. The fourth-order valence-corrected chi connectivity index (χ4v) is 4.35. The predicted octanol–water partition coefficient (Wildman–Crippen LogP) is 3.67. The lowest BCUT2D eigenvalue weighted by Gasteiger charge is -2.34. The number of fused-ring (bicyclic) bond motifs is 2. The highest BCUT2D eigenvalue weighted by Gasteiger charge is 2.32. The van der Waals surface area contributed by atoms with Crippen LogP contribution in [0.3, 0.4) is 0 Å². The van der Waals surface area contributed by atoms with Crippen LogP contribution in [0.2, 0.25) is 0 Å². The van der Waals surface area contributed by atoms with Crippen molar-refractivity contribution in [1.29, 1.82) is 0 Å². The summed E-state index contributed by atoms with van der Waals surface area (Å²) in [6.45, 7) is 3.38. The van der Waals surface area contributed by atoms with Gasteiger partial charge in [-0.1, -0.05) is 49.7 Å². The molecule has 1 atom stereocenters. The Labute approximate surface area is 164 Å². The highest BCUT2D eigenvalue weighted by Crippen LogP contribution is 2.32. The minimum absolute atomic E-state index is 0.146. The first-order valence-electron chi connectivity index (χ1n) is 9.95. The van der Waals surface area contributed by atoms with Crippen LogP contribution in [0.15, 0.2) is 42.5 Å². The van der Waals surface area contributed by atoms with Gasteiger partial charge in [-0.05, 0) is 31.9 Å². The number of ketones is 2. The molecule has 4 rings (SSSR count). The van der Waals surface area contributed by atoms with Gasteiger partial charge in [0.05, 0.1) is 17.8 Å². The summed E-state index contributed by atoms with van der Waals surface area (Å²) in [6.07, 6.45) is 4.46. The molecule has 0 spiro atoms. The SMILES string of the molecule is CCC1CCCCN1CC(=O)Nc1cccc2c1C(=O)c1ccccc1C2=O. The second-order valence-corrected chi connectivity index (χ2v) is 7.51. The Hall–Kier alpha value is -2.79. The van der Waals surface area contributed by atoms with Crippen LogP contribution in [0.4, 0.5) is 5.69 Å². The van der Waals surface area contributed by atoms with E-state index >= 15 is 0 Å². The molecule has 1 N–H and O–H groups in total. The Morgan fingerprint density at radius 3 is 2.46 bits per heavy atom. The van der Waals surface area contributed by atoms with Crippen molar-refractivity contribution in [2.45, 2.75) is 38.6 Å². The van der Waals surface area contributed by atoms with Crippen LogP contribution in [-0.2, 0) is 4.79 Å². The number of amides is 1. The summed E-state index contributed by atoms with van der Waals surface area (Å²) in [6, 6.07) is 12.3. The molecule has 5 nitrogen and oxygen atoms in total. The van der Waals surface area contributed by atoms with E-state index < -0.39 is 0 Å². The molecule has 0 saturated carbocycles. The van der Waals surface area contributed by atoms with E-state index in [2.05, 4.69) is 17.1 Å². The Kier molecular flexibility index (Phi) is 5.09. The number of likely N-dealkylation sites (tertiary alicyclic amines) is 1. The number of hydrogen-bond donors (Lipinski definition) is 1. The normalized spacial score (nSPS) is 19.1. The van der Waals surface area contributed by atoms with Gasteiger partial charge in [0, 0.05) is 22.7 Å². The van der Waals surface area contributed by atoms with E-state index in [1.54, 1.807) is 42.5 Å². The van der Waals surface area contributed by atoms with Crippen LogP contribution < -0.4 is 5.32 Å². The largest absolute Gasteiger partial charge is 0.324 e. The summed E-state index contributed by atoms with van der Waals surface area (Å²) in [7, 11) is 0. The molecular formula is C23H24N2O3. The van der Waals surface area contributed by atoms with Gasteiger partial charge in [0.15, 0.2) is 11.6 Å². The van der Waals surface area contributed by atoms with Crippen LogP contribution >= 0.6 is 0 Å². The van der Waals surface area contributed by atoms with Gasteiger partial charge in [-0.25, -0.2) is 0 Å². The first kappa shape index (κ1) is 18.6. The number of hydrogen-bond acceptors (Lipinski definition) is 4. The third-order valence-corrected chi connectivity index (χ3v) is 5.79. The Morgan fingerprint density at radius 1 is 1.00 bits per heavy atom. The third kappa shape index (κ3) is 3.27. The molecule has 0 bridgehead atoms. The van der Waals surface area contributed by atoms with Crippen molar-refractivity contribution >= 4 is 23.2 Å². The van der Waals surface area contributed by atoms with Crippen LogP contribution in [0.5, 0.6) is 0 Å². The summed E-state index contributed by atoms with van der Waals surface area (Å²) in [4.78, 5) is 40.8. The second kappa shape index (κ2) is 7.68. The van der Waals surface area contributed by atoms with E-state index in [9.17, 15) is 14.4 Å². The lowest BCUT2D eigenvalue weighted by molar-refractivity contribution is -0.118. The number of nitrogens with zero attached hydrogens (tertiary/aromatic N) is 1. The van der Waals surface area contributed by atoms with Crippen LogP contribution in [0.1, 0.15) is 64.4 Å². The summed E-state index contributed by atoms with van der Waals surface area (Å²) < 4.78 is 0. The van der Waals surface area contributed by atoms with Gasteiger partial charge in [-0.15, -0.1) is 0 Å². The molecule has 28 heavy (non-hydrogen) atoms. The lowest BCUT2D eigenvalue weighted by atomic mass is 9.83. The van der Waals surface area contributed by atoms with Crippen molar-refractivity contribution in [2.24, 2.45) is 0 Å². The van der Waals surface area contributed by atoms with E-state index in [4.69, 9.17) is 0 Å². The summed E-state index contributed by atoms with van der Waals surface area (Å²) in [5.74, 6) is -0.540. The molecule has 0 radical (unpaired) electrons. The van der Waals surface area contributed by atoms with Gasteiger partial charge < -0.3 is 5.32 Å². The number of anilines is 1. The van der Waals surface area contributed by atoms with E-state index in [0.717, 1.165) is 25.8 Å². The zero-order chi connectivity index (χ0) is 19.7. The smallest absolute Gasteiger partial charge is 0.238 e. The highest BCUT2D eigenvalue weighted by molar-refractivity contribution is 6.30. The average Bonchev–Trinajstić information content (AvgIpc) is 2.72. The van der Waals surface area contributed by atoms with E-state index in [0.29, 0.717) is 40.5 Å². The second-order valence-electron chi connectivity index (χ2n) is 7.51. The highest BCUT2D eigenvalue weighted by atomic mass is 16.2. The molecule has 5 heteroatoms. The van der Waals surface area contributed by atoms with Crippen molar-refractivity contribution in [1.82, 2.24) is 4.90 Å². The maximum absolute atomic E-state index is 13.0. The molecule has 1 unspecified atom stereocenters. The molecule has 2 aromatic rings. The first-order valence-corrected chi connectivity index (χ1v) is 9.95.